The molecule has 1 amide bonds. The Morgan fingerprint density at radius 2 is 2.08 bits per heavy atom. The largest absolute Gasteiger partial charge is 0.454 e. The van der Waals surface area contributed by atoms with Crippen LogP contribution in [0.15, 0.2) is 18.2 Å². The van der Waals surface area contributed by atoms with Crippen LogP contribution in [0.4, 0.5) is 5.69 Å². The highest BCUT2D eigenvalue weighted by atomic mass is 16.7. The SMILES string of the molecule is Cc1nn(C)c(C)c1NC(=O)C[NH+](C)Cc1ccc2c(c1)OCO2. The highest BCUT2D eigenvalue weighted by Gasteiger charge is 2.18. The van der Waals surface area contributed by atoms with Crippen LogP contribution in [0.25, 0.3) is 0 Å². The van der Waals surface area contributed by atoms with E-state index in [1.54, 1.807) is 4.68 Å². The topological polar surface area (TPSA) is 69.8 Å². The van der Waals surface area contributed by atoms with Crippen molar-refractivity contribution in [2.75, 3.05) is 25.7 Å². The van der Waals surface area contributed by atoms with Crippen molar-refractivity contribution in [1.29, 1.82) is 0 Å². The van der Waals surface area contributed by atoms with Gasteiger partial charge in [-0.25, -0.2) is 0 Å². The van der Waals surface area contributed by atoms with Gasteiger partial charge in [-0.1, -0.05) is 0 Å². The summed E-state index contributed by atoms with van der Waals surface area (Å²) in [7, 11) is 3.86. The predicted octanol–water partition coefficient (Wildman–Crippen LogP) is 0.419. The number of ether oxygens (including phenoxy) is 2. The molecule has 24 heavy (non-hydrogen) atoms. The van der Waals surface area contributed by atoms with E-state index in [0.29, 0.717) is 6.54 Å². The number of carbonyl (C=O) groups excluding carboxylic acids is 1. The molecule has 0 saturated heterocycles. The first kappa shape index (κ1) is 16.3. The highest BCUT2D eigenvalue weighted by Crippen LogP contribution is 2.32. The molecule has 1 unspecified atom stereocenters. The number of carbonyl (C=O) groups is 1. The first-order valence-electron chi connectivity index (χ1n) is 7.94. The third-order valence-electron chi connectivity index (χ3n) is 4.18. The molecule has 1 aliphatic heterocycles. The molecule has 0 aliphatic carbocycles. The van der Waals surface area contributed by atoms with Crippen molar-refractivity contribution < 1.29 is 19.2 Å². The van der Waals surface area contributed by atoms with Crippen LogP contribution in [0.5, 0.6) is 11.5 Å². The van der Waals surface area contributed by atoms with Crippen molar-refractivity contribution in [3.05, 3.63) is 35.2 Å². The lowest BCUT2D eigenvalue weighted by molar-refractivity contribution is -0.885. The normalized spacial score (nSPS) is 13.8. The number of hydrogen-bond acceptors (Lipinski definition) is 4. The molecule has 1 atom stereocenters. The monoisotopic (exact) mass is 331 g/mol. The molecule has 2 N–H and O–H groups in total. The number of nitrogens with one attached hydrogen (secondary N) is 2. The Bertz CT molecular complexity index is 769. The summed E-state index contributed by atoms with van der Waals surface area (Å²) in [5.74, 6) is 1.52. The molecule has 0 radical (unpaired) electrons. The number of aryl methyl sites for hydroxylation is 2. The minimum absolute atomic E-state index is 0.0209. The minimum Gasteiger partial charge on any atom is -0.454 e. The Hall–Kier alpha value is -2.54. The summed E-state index contributed by atoms with van der Waals surface area (Å²) in [4.78, 5) is 13.4. The van der Waals surface area contributed by atoms with Gasteiger partial charge in [0.25, 0.3) is 5.91 Å². The standard InChI is InChI=1S/C17H22N4O3/c1-11-17(12(2)21(4)19-11)18-16(22)9-20(3)8-13-5-6-14-15(7-13)24-10-23-14/h5-7H,8-10H2,1-4H3,(H,18,22)/p+1. The fraction of sp³-hybridized carbons (Fsp3) is 0.412. The number of aromatic nitrogens is 2. The van der Waals surface area contributed by atoms with Crippen molar-refractivity contribution in [1.82, 2.24) is 9.78 Å². The molecule has 3 rings (SSSR count). The molecular weight excluding hydrogens is 308 g/mol. The molecule has 0 bridgehead atoms. The van der Waals surface area contributed by atoms with Crippen LogP contribution in [0, 0.1) is 13.8 Å². The number of amides is 1. The van der Waals surface area contributed by atoms with Crippen LogP contribution < -0.4 is 19.7 Å². The summed E-state index contributed by atoms with van der Waals surface area (Å²) in [6.07, 6.45) is 0. The molecule has 7 nitrogen and oxygen atoms in total. The Morgan fingerprint density at radius 3 is 2.79 bits per heavy atom. The van der Waals surface area contributed by atoms with E-state index in [1.807, 2.05) is 46.1 Å². The summed E-state index contributed by atoms with van der Waals surface area (Å²) in [6.45, 7) is 5.22. The van der Waals surface area contributed by atoms with E-state index in [0.717, 1.165) is 45.6 Å². The molecule has 1 aliphatic rings. The van der Waals surface area contributed by atoms with Crippen LogP contribution in [-0.4, -0.2) is 36.1 Å². The van der Waals surface area contributed by atoms with Gasteiger partial charge >= 0.3 is 0 Å². The van der Waals surface area contributed by atoms with E-state index in [9.17, 15) is 4.79 Å². The second-order valence-corrected chi connectivity index (χ2v) is 6.22. The number of hydrogen-bond donors (Lipinski definition) is 2. The molecule has 0 saturated carbocycles. The fourth-order valence-electron chi connectivity index (χ4n) is 2.87. The second kappa shape index (κ2) is 6.52. The van der Waals surface area contributed by atoms with Crippen molar-refractivity contribution in [3.8, 4) is 11.5 Å². The Kier molecular flexibility index (Phi) is 4.44. The minimum atomic E-state index is -0.0209. The van der Waals surface area contributed by atoms with Gasteiger partial charge in [-0.2, -0.15) is 5.10 Å². The van der Waals surface area contributed by atoms with Crippen molar-refractivity contribution in [2.24, 2.45) is 7.05 Å². The van der Waals surface area contributed by atoms with Gasteiger partial charge in [0, 0.05) is 12.6 Å². The summed E-state index contributed by atoms with van der Waals surface area (Å²) in [6, 6.07) is 5.89. The summed E-state index contributed by atoms with van der Waals surface area (Å²) < 4.78 is 12.5. The second-order valence-electron chi connectivity index (χ2n) is 6.22. The Balaban J connectivity index is 1.58. The maximum atomic E-state index is 12.3. The first-order chi connectivity index (χ1) is 11.4. The maximum Gasteiger partial charge on any atom is 0.279 e. The van der Waals surface area contributed by atoms with Crippen LogP contribution >= 0.6 is 0 Å². The van der Waals surface area contributed by atoms with Gasteiger partial charge in [-0.05, 0) is 32.0 Å². The van der Waals surface area contributed by atoms with E-state index < -0.39 is 0 Å². The van der Waals surface area contributed by atoms with E-state index in [-0.39, 0.29) is 12.7 Å². The average Bonchev–Trinajstić information content (AvgIpc) is 3.07. The number of quaternary nitrogens is 1. The zero-order chi connectivity index (χ0) is 17.3. The smallest absolute Gasteiger partial charge is 0.279 e. The number of likely N-dealkylation sites (N-methyl/N-ethyl adjacent to an activating group) is 1. The zero-order valence-electron chi connectivity index (χ0n) is 14.5. The molecule has 1 aromatic heterocycles. The molecule has 2 aromatic rings. The van der Waals surface area contributed by atoms with Crippen LogP contribution in [0.3, 0.4) is 0 Å². The van der Waals surface area contributed by atoms with E-state index >= 15 is 0 Å². The molecule has 128 valence electrons. The van der Waals surface area contributed by atoms with Gasteiger partial charge < -0.3 is 19.7 Å². The van der Waals surface area contributed by atoms with Gasteiger partial charge in [-0.15, -0.1) is 0 Å². The molecule has 1 aromatic carbocycles. The molecular formula is C17H23N4O3+. The van der Waals surface area contributed by atoms with Crippen LogP contribution in [0.1, 0.15) is 17.0 Å². The summed E-state index contributed by atoms with van der Waals surface area (Å²) in [5.41, 5.74) is 3.70. The fourth-order valence-corrected chi connectivity index (χ4v) is 2.87. The Morgan fingerprint density at radius 1 is 1.33 bits per heavy atom. The van der Waals surface area contributed by atoms with Gasteiger partial charge in [0.2, 0.25) is 6.79 Å². The zero-order valence-corrected chi connectivity index (χ0v) is 14.5. The van der Waals surface area contributed by atoms with Gasteiger partial charge in [0.1, 0.15) is 6.54 Å². The van der Waals surface area contributed by atoms with Crippen LogP contribution in [-0.2, 0) is 18.4 Å². The van der Waals surface area contributed by atoms with Crippen molar-refractivity contribution in [3.63, 3.8) is 0 Å². The van der Waals surface area contributed by atoms with Crippen molar-refractivity contribution >= 4 is 11.6 Å². The van der Waals surface area contributed by atoms with Gasteiger partial charge in [-0.3, -0.25) is 9.48 Å². The third-order valence-corrected chi connectivity index (χ3v) is 4.18. The van der Waals surface area contributed by atoms with E-state index in [2.05, 4.69) is 10.4 Å². The average molecular weight is 331 g/mol. The number of fused-ring (bicyclic) bond motifs is 1. The molecule has 0 fully saturated rings. The predicted molar refractivity (Wildman–Crippen MR) is 89.3 cm³/mol. The lowest BCUT2D eigenvalue weighted by Gasteiger charge is -2.14. The third kappa shape index (κ3) is 3.35. The summed E-state index contributed by atoms with van der Waals surface area (Å²) >= 11 is 0. The lowest BCUT2D eigenvalue weighted by atomic mass is 10.2. The molecule has 7 heteroatoms. The Labute approximate surface area is 141 Å². The number of rotatable bonds is 5. The quantitative estimate of drug-likeness (QED) is 0.833. The number of benzene rings is 1. The number of anilines is 1. The molecule has 2 heterocycles. The molecule has 0 spiro atoms. The van der Waals surface area contributed by atoms with Crippen molar-refractivity contribution in [2.45, 2.75) is 20.4 Å². The van der Waals surface area contributed by atoms with E-state index in [1.165, 1.54) is 0 Å². The summed E-state index contributed by atoms with van der Waals surface area (Å²) in [5, 5.41) is 7.28. The van der Waals surface area contributed by atoms with Gasteiger partial charge in [0.05, 0.1) is 24.1 Å². The highest BCUT2D eigenvalue weighted by molar-refractivity contribution is 5.92. The number of nitrogens with zero attached hydrogens (tertiary/aromatic N) is 2. The van der Waals surface area contributed by atoms with Crippen LogP contribution in [0.2, 0.25) is 0 Å². The lowest BCUT2D eigenvalue weighted by Crippen LogP contribution is -3.08. The van der Waals surface area contributed by atoms with E-state index in [4.69, 9.17) is 9.47 Å². The van der Waals surface area contributed by atoms with Gasteiger partial charge in [0.15, 0.2) is 18.0 Å². The maximum absolute atomic E-state index is 12.3. The first-order valence-corrected chi connectivity index (χ1v) is 7.94.